The van der Waals surface area contributed by atoms with E-state index in [2.05, 4.69) is 17.2 Å². The van der Waals surface area contributed by atoms with Crippen LogP contribution in [0.15, 0.2) is 18.5 Å². The first kappa shape index (κ1) is 11.9. The van der Waals surface area contributed by atoms with Crippen LogP contribution in [-0.4, -0.2) is 34.8 Å². The minimum atomic E-state index is -0.939. The van der Waals surface area contributed by atoms with Crippen molar-refractivity contribution in [2.24, 2.45) is 0 Å². The molecular weight excluding hydrogens is 220 g/mol. The Labute approximate surface area is 99.8 Å². The molecule has 0 amide bonds. The summed E-state index contributed by atoms with van der Waals surface area (Å²) in [6, 6.07) is 1.51. The minimum absolute atomic E-state index is 0.120. The summed E-state index contributed by atoms with van der Waals surface area (Å²) in [7, 11) is 0. The summed E-state index contributed by atoms with van der Waals surface area (Å²) < 4.78 is 5.31. The number of carboxylic acids is 1. The highest BCUT2D eigenvalue weighted by molar-refractivity contribution is 5.93. The topological polar surface area (TPSA) is 71.5 Å². The van der Waals surface area contributed by atoms with Crippen LogP contribution in [0.1, 0.15) is 30.1 Å². The first-order chi connectivity index (χ1) is 8.11. The lowest BCUT2D eigenvalue weighted by molar-refractivity contribution is 0.0655. The summed E-state index contributed by atoms with van der Waals surface area (Å²) in [5, 5.41) is 12.4. The molecule has 92 valence electrons. The second-order valence-corrected chi connectivity index (χ2v) is 4.52. The molecule has 1 aliphatic rings. The Balaban J connectivity index is 2.20. The minimum Gasteiger partial charge on any atom is -0.478 e. The Morgan fingerprint density at radius 3 is 2.88 bits per heavy atom. The molecule has 0 aliphatic carbocycles. The number of rotatable bonds is 3. The van der Waals surface area contributed by atoms with E-state index in [4.69, 9.17) is 9.84 Å². The van der Waals surface area contributed by atoms with Gasteiger partial charge in [0.05, 0.1) is 17.4 Å². The van der Waals surface area contributed by atoms with E-state index in [1.165, 1.54) is 12.3 Å². The van der Waals surface area contributed by atoms with Crippen LogP contribution in [-0.2, 0) is 4.74 Å². The lowest BCUT2D eigenvalue weighted by atomic mass is 9.92. The Bertz CT molecular complexity index is 414. The SMILES string of the molecule is CC1(Nc2cnccc2C(=O)O)CCOCC1. The second kappa shape index (κ2) is 4.71. The van der Waals surface area contributed by atoms with Crippen molar-refractivity contribution >= 4 is 11.7 Å². The molecule has 1 aliphatic heterocycles. The van der Waals surface area contributed by atoms with Crippen molar-refractivity contribution in [2.75, 3.05) is 18.5 Å². The number of nitrogens with zero attached hydrogens (tertiary/aromatic N) is 1. The first-order valence-corrected chi connectivity index (χ1v) is 5.64. The fourth-order valence-electron chi connectivity index (χ4n) is 1.95. The molecule has 1 aromatic rings. The second-order valence-electron chi connectivity index (χ2n) is 4.52. The number of nitrogens with one attached hydrogen (secondary N) is 1. The Morgan fingerprint density at radius 2 is 2.24 bits per heavy atom. The van der Waals surface area contributed by atoms with Gasteiger partial charge in [-0.3, -0.25) is 4.98 Å². The average Bonchev–Trinajstić information content (AvgIpc) is 2.29. The molecule has 0 unspecified atom stereocenters. The third-order valence-electron chi connectivity index (χ3n) is 3.08. The predicted octanol–water partition coefficient (Wildman–Crippen LogP) is 1.76. The van der Waals surface area contributed by atoms with Gasteiger partial charge in [0.15, 0.2) is 0 Å². The molecule has 0 radical (unpaired) electrons. The monoisotopic (exact) mass is 236 g/mol. The number of hydrogen-bond acceptors (Lipinski definition) is 4. The van der Waals surface area contributed by atoms with Gasteiger partial charge in [-0.2, -0.15) is 0 Å². The summed E-state index contributed by atoms with van der Waals surface area (Å²) in [5.74, 6) is -0.939. The van der Waals surface area contributed by atoms with Crippen molar-refractivity contribution in [3.63, 3.8) is 0 Å². The lowest BCUT2D eigenvalue weighted by Crippen LogP contribution is -2.41. The molecule has 17 heavy (non-hydrogen) atoms. The third-order valence-corrected chi connectivity index (χ3v) is 3.08. The van der Waals surface area contributed by atoms with Crippen molar-refractivity contribution in [1.29, 1.82) is 0 Å². The van der Waals surface area contributed by atoms with E-state index in [0.717, 1.165) is 12.8 Å². The number of anilines is 1. The zero-order chi connectivity index (χ0) is 12.3. The molecule has 0 saturated carbocycles. The summed E-state index contributed by atoms with van der Waals surface area (Å²) in [6.45, 7) is 3.48. The predicted molar refractivity (Wildman–Crippen MR) is 63.3 cm³/mol. The molecule has 1 aromatic heterocycles. The van der Waals surface area contributed by atoms with Gasteiger partial charge in [-0.1, -0.05) is 0 Å². The maximum atomic E-state index is 11.1. The molecule has 2 N–H and O–H groups in total. The quantitative estimate of drug-likeness (QED) is 0.836. The molecule has 0 bridgehead atoms. The molecule has 2 heterocycles. The fourth-order valence-corrected chi connectivity index (χ4v) is 1.95. The molecule has 0 aromatic carbocycles. The van der Waals surface area contributed by atoms with Crippen LogP contribution in [0.4, 0.5) is 5.69 Å². The van der Waals surface area contributed by atoms with E-state index in [9.17, 15) is 4.79 Å². The van der Waals surface area contributed by atoms with Gasteiger partial charge in [-0.05, 0) is 25.8 Å². The first-order valence-electron chi connectivity index (χ1n) is 5.64. The van der Waals surface area contributed by atoms with Crippen LogP contribution < -0.4 is 5.32 Å². The highest BCUT2D eigenvalue weighted by atomic mass is 16.5. The van der Waals surface area contributed by atoms with Gasteiger partial charge in [0.25, 0.3) is 0 Å². The highest BCUT2D eigenvalue weighted by Gasteiger charge is 2.28. The standard InChI is InChI=1S/C12H16N2O3/c1-12(3-6-17-7-4-12)14-10-8-13-5-2-9(10)11(15)16/h2,5,8,14H,3-4,6-7H2,1H3,(H,15,16). The Morgan fingerprint density at radius 1 is 1.53 bits per heavy atom. The third kappa shape index (κ3) is 2.74. The summed E-state index contributed by atoms with van der Waals surface area (Å²) in [6.07, 6.45) is 4.77. The number of carbonyl (C=O) groups is 1. The van der Waals surface area contributed by atoms with Crippen LogP contribution in [0.25, 0.3) is 0 Å². The van der Waals surface area contributed by atoms with Gasteiger partial charge >= 0.3 is 5.97 Å². The van der Waals surface area contributed by atoms with E-state index in [-0.39, 0.29) is 11.1 Å². The van der Waals surface area contributed by atoms with Gasteiger partial charge < -0.3 is 15.2 Å². The van der Waals surface area contributed by atoms with E-state index >= 15 is 0 Å². The van der Waals surface area contributed by atoms with Gasteiger partial charge in [-0.25, -0.2) is 4.79 Å². The van der Waals surface area contributed by atoms with Crippen molar-refractivity contribution in [3.8, 4) is 0 Å². The highest BCUT2D eigenvalue weighted by Crippen LogP contribution is 2.26. The van der Waals surface area contributed by atoms with Gasteiger partial charge in [0, 0.05) is 24.9 Å². The maximum absolute atomic E-state index is 11.1. The Hall–Kier alpha value is -1.62. The molecule has 1 saturated heterocycles. The van der Waals surface area contributed by atoms with Gasteiger partial charge in [0.2, 0.25) is 0 Å². The molecular formula is C12H16N2O3. The molecule has 2 rings (SSSR count). The van der Waals surface area contributed by atoms with Crippen LogP contribution in [0.5, 0.6) is 0 Å². The van der Waals surface area contributed by atoms with Crippen molar-refractivity contribution in [2.45, 2.75) is 25.3 Å². The van der Waals surface area contributed by atoms with Crippen LogP contribution in [0.3, 0.4) is 0 Å². The molecule has 5 heteroatoms. The van der Waals surface area contributed by atoms with Crippen molar-refractivity contribution in [3.05, 3.63) is 24.0 Å². The van der Waals surface area contributed by atoms with E-state index in [1.54, 1.807) is 6.20 Å². The smallest absolute Gasteiger partial charge is 0.337 e. The normalized spacial score (nSPS) is 18.6. The fraction of sp³-hybridized carbons (Fsp3) is 0.500. The van der Waals surface area contributed by atoms with Gasteiger partial charge in [0.1, 0.15) is 0 Å². The number of pyridine rings is 1. The Kier molecular flexibility index (Phi) is 3.28. The number of aromatic nitrogens is 1. The van der Waals surface area contributed by atoms with E-state index < -0.39 is 5.97 Å². The zero-order valence-electron chi connectivity index (χ0n) is 9.77. The summed E-state index contributed by atoms with van der Waals surface area (Å²) >= 11 is 0. The largest absolute Gasteiger partial charge is 0.478 e. The van der Waals surface area contributed by atoms with Gasteiger partial charge in [-0.15, -0.1) is 0 Å². The summed E-state index contributed by atoms with van der Waals surface area (Å²) in [4.78, 5) is 15.0. The lowest BCUT2D eigenvalue weighted by Gasteiger charge is -2.35. The van der Waals surface area contributed by atoms with Crippen molar-refractivity contribution < 1.29 is 14.6 Å². The van der Waals surface area contributed by atoms with Crippen molar-refractivity contribution in [1.82, 2.24) is 4.98 Å². The molecule has 0 spiro atoms. The van der Waals surface area contributed by atoms with Crippen LogP contribution in [0, 0.1) is 0 Å². The number of ether oxygens (including phenoxy) is 1. The maximum Gasteiger partial charge on any atom is 0.337 e. The van der Waals surface area contributed by atoms with Crippen LogP contribution >= 0.6 is 0 Å². The number of carboxylic acid groups (broad SMARTS) is 1. The number of aromatic carboxylic acids is 1. The summed E-state index contributed by atoms with van der Waals surface area (Å²) in [5.41, 5.74) is 0.711. The number of hydrogen-bond donors (Lipinski definition) is 2. The molecule has 5 nitrogen and oxygen atoms in total. The van der Waals surface area contributed by atoms with E-state index in [1.807, 2.05) is 0 Å². The van der Waals surface area contributed by atoms with Crippen LogP contribution in [0.2, 0.25) is 0 Å². The average molecular weight is 236 g/mol. The molecule has 0 atom stereocenters. The van der Waals surface area contributed by atoms with E-state index in [0.29, 0.717) is 18.9 Å². The zero-order valence-corrected chi connectivity index (χ0v) is 9.77. The molecule has 1 fully saturated rings.